The molecule has 1 aliphatic carbocycles. The summed E-state index contributed by atoms with van der Waals surface area (Å²) in [7, 11) is 0. The summed E-state index contributed by atoms with van der Waals surface area (Å²) < 4.78 is 0. The largest absolute Gasteiger partial charge is 0.479 e. The van der Waals surface area contributed by atoms with E-state index in [1.54, 1.807) is 0 Å². The molecular weight excluding hydrogens is 220 g/mol. The average Bonchev–Trinajstić information content (AvgIpc) is 2.60. The molecule has 0 amide bonds. The summed E-state index contributed by atoms with van der Waals surface area (Å²) in [6.45, 7) is 3.26. The van der Waals surface area contributed by atoms with Gasteiger partial charge in [-0.1, -0.05) is 6.42 Å². The fourth-order valence-corrected chi connectivity index (χ4v) is 3.24. The summed E-state index contributed by atoms with van der Waals surface area (Å²) in [6.07, 6.45) is 3.43. The van der Waals surface area contributed by atoms with Gasteiger partial charge >= 0.3 is 5.97 Å². The van der Waals surface area contributed by atoms with Crippen LogP contribution in [-0.2, 0) is 4.79 Å². The van der Waals surface area contributed by atoms with Gasteiger partial charge < -0.3 is 15.9 Å². The maximum atomic E-state index is 10.9. The fraction of sp³-hybridized carbons (Fsp3) is 0.917. The minimum Gasteiger partial charge on any atom is -0.479 e. The lowest BCUT2D eigenvalue weighted by atomic mass is 9.78. The molecule has 5 nitrogen and oxygen atoms in total. The van der Waals surface area contributed by atoms with E-state index in [9.17, 15) is 9.90 Å². The summed E-state index contributed by atoms with van der Waals surface area (Å²) in [5.41, 5.74) is 4.45. The number of hydrogen-bond donors (Lipinski definition) is 3. The molecule has 1 aliphatic heterocycles. The number of carboxylic acid groups (broad SMARTS) is 1. The minimum atomic E-state index is -1.66. The molecule has 2 fully saturated rings. The second-order valence-electron chi connectivity index (χ2n) is 5.79. The van der Waals surface area contributed by atoms with E-state index in [0.717, 1.165) is 19.5 Å². The molecule has 4 atom stereocenters. The number of nitrogens with zero attached hydrogens (tertiary/aromatic N) is 1. The van der Waals surface area contributed by atoms with Gasteiger partial charge in [0.1, 0.15) is 0 Å². The highest BCUT2D eigenvalue weighted by atomic mass is 16.4. The first-order valence-electron chi connectivity index (χ1n) is 6.34. The molecule has 1 saturated heterocycles. The van der Waals surface area contributed by atoms with Crippen molar-refractivity contribution in [2.24, 2.45) is 17.6 Å². The Morgan fingerprint density at radius 2 is 2.18 bits per heavy atom. The number of rotatable bonds is 3. The van der Waals surface area contributed by atoms with Gasteiger partial charge in [-0.05, 0) is 31.6 Å². The zero-order valence-electron chi connectivity index (χ0n) is 10.3. The zero-order chi connectivity index (χ0) is 12.6. The summed E-state index contributed by atoms with van der Waals surface area (Å²) in [6, 6.07) is 0.244. The van der Waals surface area contributed by atoms with E-state index in [4.69, 9.17) is 10.8 Å². The van der Waals surface area contributed by atoms with Crippen LogP contribution in [0.15, 0.2) is 0 Å². The minimum absolute atomic E-state index is 0.196. The van der Waals surface area contributed by atoms with Gasteiger partial charge in [0.15, 0.2) is 5.60 Å². The second-order valence-corrected chi connectivity index (χ2v) is 5.79. The Bertz CT molecular complexity index is 306. The van der Waals surface area contributed by atoms with E-state index in [0.29, 0.717) is 11.8 Å². The van der Waals surface area contributed by atoms with Crippen LogP contribution in [0.3, 0.4) is 0 Å². The monoisotopic (exact) mass is 242 g/mol. The third-order valence-corrected chi connectivity index (χ3v) is 4.22. The number of carboxylic acids is 1. The summed E-state index contributed by atoms with van der Waals surface area (Å²) >= 11 is 0. The zero-order valence-corrected chi connectivity index (χ0v) is 10.3. The molecule has 5 heteroatoms. The third-order valence-electron chi connectivity index (χ3n) is 4.22. The molecule has 17 heavy (non-hydrogen) atoms. The Morgan fingerprint density at radius 3 is 2.76 bits per heavy atom. The first-order valence-corrected chi connectivity index (χ1v) is 6.34. The van der Waals surface area contributed by atoms with E-state index >= 15 is 0 Å². The van der Waals surface area contributed by atoms with E-state index in [1.807, 2.05) is 0 Å². The Labute approximate surface area is 102 Å². The Hall–Kier alpha value is -0.650. The highest BCUT2D eigenvalue weighted by Gasteiger charge is 2.42. The molecule has 0 aromatic rings. The van der Waals surface area contributed by atoms with Crippen molar-refractivity contribution in [3.05, 3.63) is 0 Å². The highest BCUT2D eigenvalue weighted by molar-refractivity contribution is 5.76. The van der Waals surface area contributed by atoms with Crippen molar-refractivity contribution in [1.29, 1.82) is 0 Å². The topological polar surface area (TPSA) is 86.8 Å². The van der Waals surface area contributed by atoms with Crippen LogP contribution in [0, 0.1) is 11.8 Å². The lowest BCUT2D eigenvalue weighted by molar-refractivity contribution is -0.158. The quantitative estimate of drug-likeness (QED) is 0.642. The van der Waals surface area contributed by atoms with Crippen molar-refractivity contribution in [3.63, 3.8) is 0 Å². The van der Waals surface area contributed by atoms with Crippen molar-refractivity contribution in [3.8, 4) is 0 Å². The van der Waals surface area contributed by atoms with Gasteiger partial charge in [-0.3, -0.25) is 4.90 Å². The molecule has 98 valence electrons. The summed E-state index contributed by atoms with van der Waals surface area (Å²) in [5, 5.41) is 18.7. The summed E-state index contributed by atoms with van der Waals surface area (Å²) in [4.78, 5) is 12.9. The molecule has 0 spiro atoms. The van der Waals surface area contributed by atoms with Crippen molar-refractivity contribution < 1.29 is 15.0 Å². The SMILES string of the molecule is CC(O)(CN1CC2CCCC(N)C2C1)C(=O)O. The van der Waals surface area contributed by atoms with Gasteiger partial charge in [0.25, 0.3) is 0 Å². The van der Waals surface area contributed by atoms with Crippen LogP contribution in [0.5, 0.6) is 0 Å². The van der Waals surface area contributed by atoms with Crippen molar-refractivity contribution >= 4 is 5.97 Å². The molecule has 4 N–H and O–H groups in total. The fourth-order valence-electron chi connectivity index (χ4n) is 3.24. The van der Waals surface area contributed by atoms with E-state index in [-0.39, 0.29) is 12.6 Å². The van der Waals surface area contributed by atoms with Crippen molar-refractivity contribution in [2.75, 3.05) is 19.6 Å². The van der Waals surface area contributed by atoms with Crippen LogP contribution >= 0.6 is 0 Å². The normalized spacial score (nSPS) is 37.5. The summed E-state index contributed by atoms with van der Waals surface area (Å²) in [5.74, 6) is -0.0895. The lowest BCUT2D eigenvalue weighted by Crippen LogP contribution is -2.46. The molecule has 0 radical (unpaired) electrons. The Morgan fingerprint density at radius 1 is 1.47 bits per heavy atom. The van der Waals surface area contributed by atoms with Gasteiger partial charge in [0, 0.05) is 25.7 Å². The maximum Gasteiger partial charge on any atom is 0.336 e. The van der Waals surface area contributed by atoms with E-state index in [1.165, 1.54) is 19.8 Å². The van der Waals surface area contributed by atoms with Gasteiger partial charge in [-0.25, -0.2) is 4.79 Å². The Kier molecular flexibility index (Phi) is 3.43. The van der Waals surface area contributed by atoms with E-state index < -0.39 is 11.6 Å². The molecule has 1 heterocycles. The van der Waals surface area contributed by atoms with Crippen LogP contribution in [0.4, 0.5) is 0 Å². The van der Waals surface area contributed by atoms with E-state index in [2.05, 4.69) is 4.90 Å². The molecule has 4 unspecified atom stereocenters. The van der Waals surface area contributed by atoms with Gasteiger partial charge in [0.2, 0.25) is 0 Å². The molecule has 2 rings (SSSR count). The van der Waals surface area contributed by atoms with Gasteiger partial charge in [0.05, 0.1) is 0 Å². The number of β-amino-alcohol motifs (C(OH)–C–C–N with tert-alkyl or cyclic N) is 1. The van der Waals surface area contributed by atoms with Crippen LogP contribution in [0.25, 0.3) is 0 Å². The maximum absolute atomic E-state index is 10.9. The van der Waals surface area contributed by atoms with Gasteiger partial charge in [-0.2, -0.15) is 0 Å². The lowest BCUT2D eigenvalue weighted by Gasteiger charge is -2.30. The molecule has 2 aliphatic rings. The molecule has 1 saturated carbocycles. The number of nitrogens with two attached hydrogens (primary N) is 1. The van der Waals surface area contributed by atoms with Crippen molar-refractivity contribution in [2.45, 2.75) is 37.8 Å². The average molecular weight is 242 g/mol. The highest BCUT2D eigenvalue weighted by Crippen LogP contribution is 2.35. The predicted octanol–water partition coefficient (Wildman–Crippen LogP) is -0.119. The number of hydrogen-bond acceptors (Lipinski definition) is 4. The Balaban J connectivity index is 1.95. The number of aliphatic carboxylic acids is 1. The van der Waals surface area contributed by atoms with Crippen molar-refractivity contribution in [1.82, 2.24) is 4.90 Å². The number of fused-ring (bicyclic) bond motifs is 1. The standard InChI is InChI=1S/C12H22N2O3/c1-12(17,11(15)16)7-14-5-8-3-2-4-10(13)9(8)6-14/h8-10,17H,2-7,13H2,1H3,(H,15,16). The third kappa shape index (κ3) is 2.61. The second kappa shape index (κ2) is 4.55. The smallest absolute Gasteiger partial charge is 0.336 e. The number of aliphatic hydroxyl groups is 1. The molecular formula is C12H22N2O3. The first-order chi connectivity index (χ1) is 7.90. The van der Waals surface area contributed by atoms with Crippen LogP contribution < -0.4 is 5.73 Å². The number of carbonyl (C=O) groups is 1. The van der Waals surface area contributed by atoms with Crippen LogP contribution in [0.2, 0.25) is 0 Å². The molecule has 0 aromatic carbocycles. The first kappa shape index (κ1) is 12.8. The molecule has 0 aromatic heterocycles. The van der Waals surface area contributed by atoms with Crippen LogP contribution in [-0.4, -0.2) is 52.4 Å². The predicted molar refractivity (Wildman–Crippen MR) is 63.5 cm³/mol. The van der Waals surface area contributed by atoms with Gasteiger partial charge in [-0.15, -0.1) is 0 Å². The number of likely N-dealkylation sites (tertiary alicyclic amines) is 1. The van der Waals surface area contributed by atoms with Crippen LogP contribution in [0.1, 0.15) is 26.2 Å². The molecule has 0 bridgehead atoms.